The van der Waals surface area contributed by atoms with Crippen LogP contribution in [0.2, 0.25) is 0 Å². The van der Waals surface area contributed by atoms with Gasteiger partial charge in [-0.1, -0.05) is 113 Å². The van der Waals surface area contributed by atoms with Crippen molar-refractivity contribution < 1.29 is 52.5 Å². The number of likely N-dealkylation sites (N-methyl/N-ethyl adjacent to an activating group) is 2. The molecule has 6 amide bonds. The fourth-order valence-corrected chi connectivity index (χ4v) is 14.4. The Morgan fingerprint density at radius 3 is 1.28 bits per heavy atom. The van der Waals surface area contributed by atoms with Crippen LogP contribution in [0.15, 0.2) is 60.7 Å². The van der Waals surface area contributed by atoms with Crippen LogP contribution in [0.5, 0.6) is 0 Å². The lowest BCUT2D eigenvalue weighted by molar-refractivity contribution is -0.142. The van der Waals surface area contributed by atoms with Crippen LogP contribution in [0, 0.1) is 10.8 Å². The number of fused-ring (bicyclic) bond motifs is 2. The Hall–Kier alpha value is -4.78. The van der Waals surface area contributed by atoms with Gasteiger partial charge in [-0.25, -0.2) is 9.59 Å². The topological polar surface area (TPSA) is 210 Å². The minimum atomic E-state index is -0.781. The van der Waals surface area contributed by atoms with Gasteiger partial charge in [0.2, 0.25) is 23.6 Å². The summed E-state index contributed by atoms with van der Waals surface area (Å²) in [5.74, 6) is 0.355. The Morgan fingerprint density at radius 2 is 0.940 bits per heavy atom. The first-order valence-electron chi connectivity index (χ1n) is 28.7. The second kappa shape index (κ2) is 29.1. The minimum absolute atomic E-state index is 0.145. The van der Waals surface area contributed by atoms with E-state index in [9.17, 15) is 28.8 Å². The molecule has 6 rings (SSSR count). The number of carbonyl (C=O) groups excluding carboxylic acids is 6. The summed E-state index contributed by atoms with van der Waals surface area (Å²) >= 11 is 14.8. The van der Waals surface area contributed by atoms with Gasteiger partial charge in [-0.15, -0.1) is 23.5 Å². The van der Waals surface area contributed by atoms with E-state index in [0.29, 0.717) is 47.2 Å². The number of thioether (sulfide) groups is 2. The van der Waals surface area contributed by atoms with Crippen LogP contribution >= 0.6 is 48.0 Å². The number of rotatable bonds is 22. The van der Waals surface area contributed by atoms with E-state index in [1.54, 1.807) is 103 Å². The summed E-state index contributed by atoms with van der Waals surface area (Å²) in [7, 11) is 3.22. The highest BCUT2D eigenvalue weighted by Gasteiger charge is 2.56. The van der Waals surface area contributed by atoms with Crippen molar-refractivity contribution in [1.82, 2.24) is 40.9 Å². The third kappa shape index (κ3) is 18.1. The second-order valence-electron chi connectivity index (χ2n) is 25.3. The van der Waals surface area contributed by atoms with Crippen LogP contribution in [0.3, 0.4) is 0 Å². The van der Waals surface area contributed by atoms with E-state index >= 15 is 0 Å². The summed E-state index contributed by atoms with van der Waals surface area (Å²) in [6.07, 6.45) is 1.19. The summed E-state index contributed by atoms with van der Waals surface area (Å²) in [4.78, 5) is 91.1. The molecule has 0 radical (unpaired) electrons. The van der Waals surface area contributed by atoms with Crippen molar-refractivity contribution >= 4 is 93.8 Å². The van der Waals surface area contributed by atoms with Crippen molar-refractivity contribution in [2.24, 2.45) is 10.8 Å². The van der Waals surface area contributed by atoms with E-state index in [0.717, 1.165) is 11.1 Å². The van der Waals surface area contributed by atoms with Gasteiger partial charge in [-0.3, -0.25) is 19.2 Å². The third-order valence-corrected chi connectivity index (χ3v) is 18.8. The van der Waals surface area contributed by atoms with Gasteiger partial charge in [0.05, 0.1) is 84.5 Å². The molecule has 4 saturated heterocycles. The fraction of sp³-hybridized carbons (Fsp3) is 0.667. The maximum absolute atomic E-state index is 14.6. The summed E-state index contributed by atoms with van der Waals surface area (Å²) in [5, 5.41) is 12.6. The Labute approximate surface area is 511 Å². The Kier molecular flexibility index (Phi) is 23.6. The molecule has 4 fully saturated rings. The zero-order valence-electron chi connectivity index (χ0n) is 50.9. The highest BCUT2D eigenvalue weighted by Crippen LogP contribution is 2.48. The number of thiocarbonyl (C=S) groups is 2. The molecule has 0 saturated carbocycles. The molecule has 4 heterocycles. The molecule has 460 valence electrons. The number of nitrogens with one attached hydrogen (secondary N) is 4. The number of ether oxygens (including phenoxy) is 5. The summed E-state index contributed by atoms with van der Waals surface area (Å²) < 4.78 is 29.4. The molecule has 4 N–H and O–H groups in total. The molecule has 0 bridgehead atoms. The molecule has 2 aromatic carbocycles. The molecule has 0 spiro atoms. The number of carbonyl (C=O) groups is 6. The first kappa shape index (κ1) is 67.3. The van der Waals surface area contributed by atoms with Crippen LogP contribution in [-0.4, -0.2) is 189 Å². The van der Waals surface area contributed by atoms with E-state index in [1.807, 2.05) is 88.4 Å². The first-order chi connectivity index (χ1) is 38.9. The lowest BCUT2D eigenvalue weighted by atomic mass is 9.83. The van der Waals surface area contributed by atoms with Crippen molar-refractivity contribution in [2.75, 3.05) is 65.2 Å². The standard InChI is InChI=1S/C60H90N8O11S4/c1-37(65(13)55(73)78-57(3,4)5)51(80)63-41-25-31-82-45-33-59(9,10)47(67(45)53(41)71)49(69)61-43(39-21-17-15-18-22-39)35-76-29-27-75-28-30-77-36-44(40-23-19-16-20-24-40)62-50(70)48-60(11,12)34-46-68(48)54(72)42(26-32-83-46)64-52(81)38(2)66(14)56(74)79-58(6,7)8/h15-24,37-38,41-48H,25-36H2,1-14H3,(H,61,69)(H,62,70)(H,63,80)(H,64,81)/t37-,38-,41-,42-,43+,44+,45-,46-,47+,48+/m0/s1. The van der Waals surface area contributed by atoms with Gasteiger partial charge in [-0.2, -0.15) is 0 Å². The average Bonchev–Trinajstić information content (AvgIpc) is 1.91. The highest BCUT2D eigenvalue weighted by atomic mass is 32.2. The van der Waals surface area contributed by atoms with Gasteiger partial charge < -0.3 is 64.6 Å². The number of nitrogens with zero attached hydrogens (tertiary/aromatic N) is 4. The van der Waals surface area contributed by atoms with Crippen LogP contribution in [0.1, 0.15) is 132 Å². The molecule has 19 nitrogen and oxygen atoms in total. The highest BCUT2D eigenvalue weighted by molar-refractivity contribution is 8.00. The van der Waals surface area contributed by atoms with Gasteiger partial charge in [-0.05, 0) is 115 Å². The van der Waals surface area contributed by atoms with Gasteiger partial charge in [0.25, 0.3) is 0 Å². The van der Waals surface area contributed by atoms with E-state index in [2.05, 4.69) is 21.3 Å². The summed E-state index contributed by atoms with van der Waals surface area (Å²) in [6.45, 7) is 23.7. The normalized spacial score (nSPS) is 23.6. The number of amides is 6. The van der Waals surface area contributed by atoms with Crippen LogP contribution < -0.4 is 21.3 Å². The van der Waals surface area contributed by atoms with Crippen molar-refractivity contribution in [1.29, 1.82) is 0 Å². The average molecular weight is 1230 g/mol. The van der Waals surface area contributed by atoms with Crippen molar-refractivity contribution in [3.63, 3.8) is 0 Å². The Morgan fingerprint density at radius 1 is 0.602 bits per heavy atom. The van der Waals surface area contributed by atoms with Gasteiger partial charge in [0.15, 0.2) is 0 Å². The molecular formula is C60H90N8O11S4. The molecule has 0 aliphatic carbocycles. The predicted octanol–water partition coefficient (Wildman–Crippen LogP) is 8.01. The fourth-order valence-electron chi connectivity index (χ4n) is 10.7. The zero-order valence-corrected chi connectivity index (χ0v) is 54.2. The molecule has 0 unspecified atom stereocenters. The molecule has 4 aliphatic rings. The van der Waals surface area contributed by atoms with E-state index in [1.165, 1.54) is 9.80 Å². The molecular weight excluding hydrogens is 1140 g/mol. The molecule has 23 heteroatoms. The molecule has 10 atom stereocenters. The summed E-state index contributed by atoms with van der Waals surface area (Å²) in [6, 6.07) is 14.0. The van der Waals surface area contributed by atoms with Crippen molar-refractivity contribution in [3.8, 4) is 0 Å². The maximum Gasteiger partial charge on any atom is 0.410 e. The SMILES string of the molecule is C[C@@H](C(=S)N[C@H]1CCS[C@H]2CC(C)(C)[C@@H](C(=O)N[C@H](COCCOCCOC[C@@H](NC(=O)[C@H]3N4C(=O)[C@@H](NC(=S)[C@H](C)N(C)C(=O)OC(C)(C)C)CCS[C@H]4CC3(C)C)c3ccccc3)c3ccccc3)N2C1=O)N(C)C(=O)OC(C)(C)C. The lowest BCUT2D eigenvalue weighted by Crippen LogP contribution is -2.58. The van der Waals surface area contributed by atoms with E-state index in [4.69, 9.17) is 48.1 Å². The van der Waals surface area contributed by atoms with Crippen molar-refractivity contribution in [3.05, 3.63) is 71.8 Å². The number of hydrogen-bond donors (Lipinski definition) is 4. The number of benzene rings is 2. The predicted molar refractivity (Wildman–Crippen MR) is 333 cm³/mol. The number of hydrogen-bond acceptors (Lipinski definition) is 15. The quantitative estimate of drug-likeness (QED) is 0.0650. The van der Waals surface area contributed by atoms with Gasteiger partial charge >= 0.3 is 12.2 Å². The first-order valence-corrected chi connectivity index (χ1v) is 31.7. The Balaban J connectivity index is 1.01. The van der Waals surface area contributed by atoms with Gasteiger partial charge in [0, 0.05) is 14.1 Å². The van der Waals surface area contributed by atoms with Gasteiger partial charge in [0.1, 0.15) is 35.4 Å². The largest absolute Gasteiger partial charge is 0.444 e. The second-order valence-corrected chi connectivity index (χ2v) is 28.7. The summed E-state index contributed by atoms with van der Waals surface area (Å²) in [5.41, 5.74) is -0.796. The monoisotopic (exact) mass is 1230 g/mol. The molecule has 0 aromatic heterocycles. The lowest BCUT2D eigenvalue weighted by Gasteiger charge is -2.36. The molecule has 2 aromatic rings. The zero-order chi connectivity index (χ0) is 61.2. The van der Waals surface area contributed by atoms with Crippen LogP contribution in [-0.2, 0) is 42.9 Å². The molecule has 4 aliphatic heterocycles. The van der Waals surface area contributed by atoms with Crippen molar-refractivity contribution in [2.45, 2.75) is 179 Å². The smallest absolute Gasteiger partial charge is 0.410 e. The van der Waals surface area contributed by atoms with Crippen LogP contribution in [0.4, 0.5) is 9.59 Å². The Bertz CT molecular complexity index is 2410. The third-order valence-electron chi connectivity index (χ3n) is 15.4. The van der Waals surface area contributed by atoms with E-state index in [-0.39, 0.29) is 74.0 Å². The van der Waals surface area contributed by atoms with Crippen LogP contribution in [0.25, 0.3) is 0 Å². The molecule has 83 heavy (non-hydrogen) atoms. The minimum Gasteiger partial charge on any atom is -0.444 e. The maximum atomic E-state index is 14.6. The van der Waals surface area contributed by atoms with E-state index < -0.39 is 82.6 Å².